The number of aromatic nitrogens is 3. The first kappa shape index (κ1) is 26.1. The van der Waals surface area contributed by atoms with Gasteiger partial charge >= 0.3 is 0 Å². The monoisotopic (exact) mass is 546 g/mol. The Morgan fingerprint density at radius 1 is 0.902 bits per heavy atom. The molecule has 1 aliphatic heterocycles. The number of morpholine rings is 1. The minimum atomic E-state index is -0.222. The van der Waals surface area contributed by atoms with Crippen molar-refractivity contribution in [1.29, 1.82) is 0 Å². The molecule has 3 heterocycles. The highest BCUT2D eigenvalue weighted by Gasteiger charge is 2.17. The summed E-state index contributed by atoms with van der Waals surface area (Å²) in [5.41, 5.74) is 5.64. The first-order chi connectivity index (χ1) is 20.2. The zero-order chi connectivity index (χ0) is 28.0. The molecule has 41 heavy (non-hydrogen) atoms. The Labute approximate surface area is 238 Å². The lowest BCUT2D eigenvalue weighted by atomic mass is 10.1. The van der Waals surface area contributed by atoms with Crippen LogP contribution < -0.4 is 20.3 Å². The summed E-state index contributed by atoms with van der Waals surface area (Å²) in [5, 5.41) is 10.8. The van der Waals surface area contributed by atoms with Gasteiger partial charge in [-0.05, 0) is 42.5 Å². The third-order valence-corrected chi connectivity index (χ3v) is 6.84. The number of ether oxygens (including phenoxy) is 2. The van der Waals surface area contributed by atoms with Crippen molar-refractivity contribution in [3.63, 3.8) is 0 Å². The molecular weight excluding hydrogens is 516 g/mol. The number of hydrogen-bond donors (Lipinski definition) is 2. The van der Waals surface area contributed by atoms with Crippen LogP contribution in [-0.4, -0.2) is 54.1 Å². The van der Waals surface area contributed by atoms with E-state index in [1.165, 1.54) is 0 Å². The van der Waals surface area contributed by atoms with Crippen LogP contribution in [0.4, 0.5) is 22.9 Å². The SMILES string of the molecule is COc1cc(NC(=O)c2cccc(-n3cc(Nc4cccc(-c5ccccc5)n4)cn3)c2)ccc1N1CCOCC1. The number of rotatable bonds is 8. The molecule has 9 nitrogen and oxygen atoms in total. The molecule has 1 fully saturated rings. The van der Waals surface area contributed by atoms with Gasteiger partial charge in [0, 0.05) is 36.0 Å². The summed E-state index contributed by atoms with van der Waals surface area (Å²) in [4.78, 5) is 20.1. The lowest BCUT2D eigenvalue weighted by Crippen LogP contribution is -2.36. The van der Waals surface area contributed by atoms with Gasteiger partial charge in [0.05, 0.1) is 55.5 Å². The Bertz CT molecular complexity index is 1650. The molecule has 1 amide bonds. The molecule has 9 heteroatoms. The Hall–Kier alpha value is -5.15. The molecule has 0 aliphatic carbocycles. The number of carbonyl (C=O) groups is 1. The molecule has 1 aliphatic rings. The number of carbonyl (C=O) groups excluding carboxylic acids is 1. The normalized spacial score (nSPS) is 13.0. The molecule has 1 saturated heterocycles. The Morgan fingerprint density at radius 2 is 1.73 bits per heavy atom. The van der Waals surface area contributed by atoms with E-state index in [4.69, 9.17) is 14.5 Å². The van der Waals surface area contributed by atoms with E-state index in [1.807, 2.05) is 85.1 Å². The maximum atomic E-state index is 13.1. The van der Waals surface area contributed by atoms with Crippen LogP contribution in [0.1, 0.15) is 10.4 Å². The summed E-state index contributed by atoms with van der Waals surface area (Å²) in [6, 6.07) is 28.9. The van der Waals surface area contributed by atoms with Gasteiger partial charge in [-0.1, -0.05) is 42.5 Å². The number of methoxy groups -OCH3 is 1. The van der Waals surface area contributed by atoms with Crippen molar-refractivity contribution in [1.82, 2.24) is 14.8 Å². The number of amides is 1. The van der Waals surface area contributed by atoms with E-state index in [9.17, 15) is 4.79 Å². The van der Waals surface area contributed by atoms with E-state index in [0.29, 0.717) is 36.0 Å². The molecule has 2 aromatic heterocycles. The number of pyridine rings is 1. The van der Waals surface area contributed by atoms with Gasteiger partial charge in [-0.2, -0.15) is 5.10 Å². The summed E-state index contributed by atoms with van der Waals surface area (Å²) < 4.78 is 12.8. The maximum absolute atomic E-state index is 13.1. The van der Waals surface area contributed by atoms with Gasteiger partial charge in [0.25, 0.3) is 5.91 Å². The van der Waals surface area contributed by atoms with E-state index in [0.717, 1.165) is 41.4 Å². The quantitative estimate of drug-likeness (QED) is 0.255. The average molecular weight is 547 g/mol. The minimum absolute atomic E-state index is 0.222. The highest BCUT2D eigenvalue weighted by atomic mass is 16.5. The maximum Gasteiger partial charge on any atom is 0.255 e. The third-order valence-electron chi connectivity index (χ3n) is 6.84. The molecule has 0 atom stereocenters. The molecule has 6 rings (SSSR count). The fourth-order valence-corrected chi connectivity index (χ4v) is 4.76. The van der Waals surface area contributed by atoms with Crippen LogP contribution >= 0.6 is 0 Å². The van der Waals surface area contributed by atoms with Crippen LogP contribution in [0.3, 0.4) is 0 Å². The van der Waals surface area contributed by atoms with Gasteiger partial charge in [-0.15, -0.1) is 0 Å². The summed E-state index contributed by atoms with van der Waals surface area (Å²) in [7, 11) is 1.64. The fourth-order valence-electron chi connectivity index (χ4n) is 4.76. The van der Waals surface area contributed by atoms with Gasteiger partial charge < -0.3 is 25.0 Å². The molecule has 0 unspecified atom stereocenters. The van der Waals surface area contributed by atoms with Crippen LogP contribution in [-0.2, 0) is 4.74 Å². The minimum Gasteiger partial charge on any atom is -0.495 e. The molecule has 2 N–H and O–H groups in total. The lowest BCUT2D eigenvalue weighted by molar-refractivity contribution is 0.102. The van der Waals surface area contributed by atoms with Crippen molar-refractivity contribution in [2.75, 3.05) is 48.9 Å². The summed E-state index contributed by atoms with van der Waals surface area (Å²) in [5.74, 6) is 1.20. The zero-order valence-electron chi connectivity index (χ0n) is 22.7. The van der Waals surface area contributed by atoms with E-state index in [1.54, 1.807) is 30.1 Å². The Balaban J connectivity index is 1.15. The number of nitrogens with zero attached hydrogens (tertiary/aromatic N) is 4. The number of benzene rings is 3. The van der Waals surface area contributed by atoms with E-state index in [2.05, 4.69) is 20.6 Å². The molecule has 5 aromatic rings. The summed E-state index contributed by atoms with van der Waals surface area (Å²) >= 11 is 0. The molecule has 3 aromatic carbocycles. The lowest BCUT2D eigenvalue weighted by Gasteiger charge is -2.30. The van der Waals surface area contributed by atoms with Crippen molar-refractivity contribution in [3.05, 3.63) is 109 Å². The second-order valence-electron chi connectivity index (χ2n) is 9.56. The predicted octanol–water partition coefficient (Wildman–Crippen LogP) is 5.78. The van der Waals surface area contributed by atoms with Gasteiger partial charge in [0.15, 0.2) is 0 Å². The van der Waals surface area contributed by atoms with Crippen molar-refractivity contribution in [3.8, 4) is 22.7 Å². The summed E-state index contributed by atoms with van der Waals surface area (Å²) in [6.45, 7) is 2.97. The average Bonchev–Trinajstić information content (AvgIpc) is 3.50. The topological polar surface area (TPSA) is 93.5 Å². The van der Waals surface area contributed by atoms with Crippen LogP contribution in [0.5, 0.6) is 5.75 Å². The van der Waals surface area contributed by atoms with Crippen molar-refractivity contribution in [2.45, 2.75) is 0 Å². The van der Waals surface area contributed by atoms with Crippen LogP contribution in [0.25, 0.3) is 16.9 Å². The van der Waals surface area contributed by atoms with Crippen molar-refractivity contribution >= 4 is 28.8 Å². The Kier molecular flexibility index (Phi) is 7.59. The second kappa shape index (κ2) is 11.9. The predicted molar refractivity (Wildman–Crippen MR) is 160 cm³/mol. The fraction of sp³-hybridized carbons (Fsp3) is 0.156. The van der Waals surface area contributed by atoms with E-state index in [-0.39, 0.29) is 5.91 Å². The molecule has 0 saturated carbocycles. The van der Waals surface area contributed by atoms with E-state index >= 15 is 0 Å². The van der Waals surface area contributed by atoms with Crippen LogP contribution in [0.15, 0.2) is 103 Å². The van der Waals surface area contributed by atoms with Crippen LogP contribution in [0, 0.1) is 0 Å². The largest absolute Gasteiger partial charge is 0.495 e. The van der Waals surface area contributed by atoms with Gasteiger partial charge in [0.2, 0.25) is 0 Å². The van der Waals surface area contributed by atoms with Crippen molar-refractivity contribution < 1.29 is 14.3 Å². The summed E-state index contributed by atoms with van der Waals surface area (Å²) in [6.07, 6.45) is 3.59. The zero-order valence-corrected chi connectivity index (χ0v) is 22.7. The highest BCUT2D eigenvalue weighted by molar-refractivity contribution is 6.04. The number of anilines is 4. The molecule has 0 radical (unpaired) electrons. The molecule has 0 bridgehead atoms. The smallest absolute Gasteiger partial charge is 0.255 e. The first-order valence-electron chi connectivity index (χ1n) is 13.4. The van der Waals surface area contributed by atoms with E-state index < -0.39 is 0 Å². The number of hydrogen-bond acceptors (Lipinski definition) is 7. The standard InChI is InChI=1S/C32H30N6O3/c1-40-30-20-25(13-14-29(30)37-15-17-41-18-16-37)35-32(39)24-9-5-10-27(19-24)38-22-26(21-33-38)34-31-12-6-11-28(36-31)23-7-3-2-4-8-23/h2-14,19-22H,15-18H2,1H3,(H,34,36)(H,35,39). The molecule has 206 valence electrons. The second-order valence-corrected chi connectivity index (χ2v) is 9.56. The third kappa shape index (κ3) is 6.05. The van der Waals surface area contributed by atoms with Crippen LogP contribution in [0.2, 0.25) is 0 Å². The van der Waals surface area contributed by atoms with Gasteiger partial charge in [-0.3, -0.25) is 4.79 Å². The number of nitrogens with one attached hydrogen (secondary N) is 2. The molecule has 0 spiro atoms. The first-order valence-corrected chi connectivity index (χ1v) is 13.4. The van der Waals surface area contributed by atoms with Gasteiger partial charge in [-0.25, -0.2) is 9.67 Å². The highest BCUT2D eigenvalue weighted by Crippen LogP contribution is 2.32. The van der Waals surface area contributed by atoms with Crippen molar-refractivity contribution in [2.24, 2.45) is 0 Å². The Morgan fingerprint density at radius 3 is 2.56 bits per heavy atom. The molecular formula is C32H30N6O3. The van der Waals surface area contributed by atoms with Gasteiger partial charge in [0.1, 0.15) is 11.6 Å².